The number of rotatable bonds is 2. The van der Waals surface area contributed by atoms with Crippen LogP contribution in [0.2, 0.25) is 0 Å². The van der Waals surface area contributed by atoms with Crippen LogP contribution in [0.1, 0.15) is 26.2 Å². The molecule has 2 atom stereocenters. The van der Waals surface area contributed by atoms with Gasteiger partial charge in [0.25, 0.3) is 0 Å². The number of ketones is 1. The SMILES string of the molecule is CC(C(=O)C(F)(F)F)C1CCCCN1. The van der Waals surface area contributed by atoms with Gasteiger partial charge in [0.15, 0.2) is 0 Å². The first-order valence-corrected chi connectivity index (χ1v) is 4.77. The fourth-order valence-corrected chi connectivity index (χ4v) is 1.75. The van der Waals surface area contributed by atoms with Gasteiger partial charge in [0.1, 0.15) is 0 Å². The van der Waals surface area contributed by atoms with Crippen LogP contribution in [0, 0.1) is 5.92 Å². The molecule has 1 rings (SSSR count). The number of hydrogen-bond acceptors (Lipinski definition) is 2. The fraction of sp³-hybridized carbons (Fsp3) is 0.889. The van der Waals surface area contributed by atoms with E-state index in [2.05, 4.69) is 5.32 Å². The van der Waals surface area contributed by atoms with Crippen LogP contribution in [0.5, 0.6) is 0 Å². The van der Waals surface area contributed by atoms with E-state index in [-0.39, 0.29) is 6.04 Å². The molecule has 2 unspecified atom stereocenters. The molecule has 1 N–H and O–H groups in total. The fourth-order valence-electron chi connectivity index (χ4n) is 1.75. The first kappa shape index (κ1) is 11.5. The zero-order valence-corrected chi connectivity index (χ0v) is 8.03. The maximum Gasteiger partial charge on any atom is 0.450 e. The Kier molecular flexibility index (Phi) is 3.53. The van der Waals surface area contributed by atoms with E-state index >= 15 is 0 Å². The number of carbonyl (C=O) groups excluding carboxylic acids is 1. The number of nitrogens with one attached hydrogen (secondary N) is 1. The lowest BCUT2D eigenvalue weighted by Crippen LogP contribution is -2.45. The number of carbonyl (C=O) groups is 1. The number of hydrogen-bond donors (Lipinski definition) is 1. The summed E-state index contributed by atoms with van der Waals surface area (Å²) in [6, 6.07) is -0.308. The highest BCUT2D eigenvalue weighted by Crippen LogP contribution is 2.25. The molecule has 1 heterocycles. The summed E-state index contributed by atoms with van der Waals surface area (Å²) in [4.78, 5) is 10.9. The van der Waals surface area contributed by atoms with E-state index in [9.17, 15) is 18.0 Å². The van der Waals surface area contributed by atoms with Crippen molar-refractivity contribution in [2.75, 3.05) is 6.54 Å². The van der Waals surface area contributed by atoms with Crippen LogP contribution in [0.15, 0.2) is 0 Å². The molecule has 0 spiro atoms. The first-order chi connectivity index (χ1) is 6.43. The third kappa shape index (κ3) is 2.70. The van der Waals surface area contributed by atoms with E-state index in [0.717, 1.165) is 12.8 Å². The second-order valence-corrected chi connectivity index (χ2v) is 3.71. The standard InChI is InChI=1S/C9H14F3NO/c1-6(8(14)9(10,11)12)7-4-2-3-5-13-7/h6-7,13H,2-5H2,1H3. The van der Waals surface area contributed by atoms with Gasteiger partial charge in [-0.2, -0.15) is 13.2 Å². The van der Waals surface area contributed by atoms with Gasteiger partial charge in [-0.25, -0.2) is 0 Å². The summed E-state index contributed by atoms with van der Waals surface area (Å²) in [5.41, 5.74) is 0. The molecule has 1 aliphatic heterocycles. The number of alkyl halides is 3. The molecule has 14 heavy (non-hydrogen) atoms. The van der Waals surface area contributed by atoms with Crippen LogP contribution in [0.3, 0.4) is 0 Å². The first-order valence-electron chi connectivity index (χ1n) is 4.77. The number of piperidine rings is 1. The zero-order valence-electron chi connectivity index (χ0n) is 8.03. The maximum absolute atomic E-state index is 12.1. The molecule has 1 aliphatic rings. The number of halogens is 3. The van der Waals surface area contributed by atoms with E-state index in [1.165, 1.54) is 6.92 Å². The maximum atomic E-state index is 12.1. The van der Waals surface area contributed by atoms with Gasteiger partial charge in [0, 0.05) is 12.0 Å². The van der Waals surface area contributed by atoms with Crippen LogP contribution in [0.4, 0.5) is 13.2 Å². The highest BCUT2D eigenvalue weighted by Gasteiger charge is 2.43. The third-order valence-electron chi connectivity index (χ3n) is 2.64. The Morgan fingerprint density at radius 1 is 1.43 bits per heavy atom. The Bertz CT molecular complexity index is 209. The minimum Gasteiger partial charge on any atom is -0.313 e. The quantitative estimate of drug-likeness (QED) is 0.752. The van der Waals surface area contributed by atoms with Gasteiger partial charge in [-0.05, 0) is 19.4 Å². The molecule has 0 amide bonds. The van der Waals surface area contributed by atoms with Gasteiger partial charge >= 0.3 is 6.18 Å². The van der Waals surface area contributed by atoms with Crippen molar-refractivity contribution in [2.24, 2.45) is 5.92 Å². The van der Waals surface area contributed by atoms with Crippen molar-refractivity contribution in [3.63, 3.8) is 0 Å². The summed E-state index contributed by atoms with van der Waals surface area (Å²) >= 11 is 0. The molecular formula is C9H14F3NO. The van der Waals surface area contributed by atoms with Crippen LogP contribution >= 0.6 is 0 Å². The van der Waals surface area contributed by atoms with Crippen molar-refractivity contribution in [2.45, 2.75) is 38.4 Å². The highest BCUT2D eigenvalue weighted by molar-refractivity contribution is 5.86. The van der Waals surface area contributed by atoms with Crippen LogP contribution in [-0.2, 0) is 4.79 Å². The van der Waals surface area contributed by atoms with E-state index < -0.39 is 17.9 Å². The smallest absolute Gasteiger partial charge is 0.313 e. The molecule has 2 nitrogen and oxygen atoms in total. The van der Waals surface area contributed by atoms with Gasteiger partial charge in [-0.3, -0.25) is 4.79 Å². The molecule has 1 fully saturated rings. The minimum absolute atomic E-state index is 0.308. The lowest BCUT2D eigenvalue weighted by Gasteiger charge is -2.28. The summed E-state index contributed by atoms with van der Waals surface area (Å²) in [6.45, 7) is 2.05. The summed E-state index contributed by atoms with van der Waals surface area (Å²) in [5, 5.41) is 2.95. The summed E-state index contributed by atoms with van der Waals surface area (Å²) in [5.74, 6) is -2.58. The predicted octanol–water partition coefficient (Wildman–Crippen LogP) is 1.90. The second kappa shape index (κ2) is 4.29. The van der Waals surface area contributed by atoms with Crippen molar-refractivity contribution in [3.05, 3.63) is 0 Å². The van der Waals surface area contributed by atoms with Crippen molar-refractivity contribution in [3.8, 4) is 0 Å². The van der Waals surface area contributed by atoms with E-state index in [4.69, 9.17) is 0 Å². The van der Waals surface area contributed by atoms with E-state index in [1.807, 2.05) is 0 Å². The molecule has 0 aliphatic carbocycles. The Hall–Kier alpha value is -0.580. The third-order valence-corrected chi connectivity index (χ3v) is 2.64. The average molecular weight is 209 g/mol. The Balaban J connectivity index is 2.55. The monoisotopic (exact) mass is 209 g/mol. The normalized spacial score (nSPS) is 25.9. The van der Waals surface area contributed by atoms with Crippen molar-refractivity contribution in [1.82, 2.24) is 5.32 Å². The molecule has 0 aromatic carbocycles. The Morgan fingerprint density at radius 3 is 2.50 bits per heavy atom. The van der Waals surface area contributed by atoms with Gasteiger partial charge in [-0.1, -0.05) is 13.3 Å². The second-order valence-electron chi connectivity index (χ2n) is 3.71. The highest BCUT2D eigenvalue weighted by atomic mass is 19.4. The van der Waals surface area contributed by atoms with Gasteiger partial charge in [-0.15, -0.1) is 0 Å². The largest absolute Gasteiger partial charge is 0.450 e. The minimum atomic E-state index is -4.70. The lowest BCUT2D eigenvalue weighted by molar-refractivity contribution is -0.176. The molecule has 0 bridgehead atoms. The zero-order chi connectivity index (χ0) is 10.8. The average Bonchev–Trinajstić information content (AvgIpc) is 2.15. The van der Waals surface area contributed by atoms with Crippen molar-refractivity contribution < 1.29 is 18.0 Å². The summed E-state index contributed by atoms with van der Waals surface area (Å²) in [7, 11) is 0. The van der Waals surface area contributed by atoms with Crippen LogP contribution in [0.25, 0.3) is 0 Å². The molecule has 0 radical (unpaired) electrons. The molecule has 5 heteroatoms. The molecule has 82 valence electrons. The van der Waals surface area contributed by atoms with Gasteiger partial charge < -0.3 is 5.32 Å². The molecule has 0 saturated carbocycles. The van der Waals surface area contributed by atoms with Crippen molar-refractivity contribution >= 4 is 5.78 Å². The van der Waals surface area contributed by atoms with Gasteiger partial charge in [0.2, 0.25) is 5.78 Å². The number of Topliss-reactive ketones (excluding diaryl/α,β-unsaturated/α-hetero) is 1. The molecule has 1 saturated heterocycles. The van der Waals surface area contributed by atoms with Crippen LogP contribution < -0.4 is 5.32 Å². The van der Waals surface area contributed by atoms with E-state index in [0.29, 0.717) is 13.0 Å². The van der Waals surface area contributed by atoms with E-state index in [1.54, 1.807) is 0 Å². The summed E-state index contributed by atoms with van der Waals surface area (Å²) in [6.07, 6.45) is -2.17. The Morgan fingerprint density at radius 2 is 2.07 bits per heavy atom. The van der Waals surface area contributed by atoms with Gasteiger partial charge in [0.05, 0.1) is 0 Å². The molecule has 0 aromatic rings. The lowest BCUT2D eigenvalue weighted by atomic mass is 9.90. The predicted molar refractivity (Wildman–Crippen MR) is 45.9 cm³/mol. The topological polar surface area (TPSA) is 29.1 Å². The molecule has 0 aromatic heterocycles. The Labute approximate surface area is 80.9 Å². The molecular weight excluding hydrogens is 195 g/mol. The van der Waals surface area contributed by atoms with Crippen LogP contribution in [-0.4, -0.2) is 24.5 Å². The van der Waals surface area contributed by atoms with Crippen molar-refractivity contribution in [1.29, 1.82) is 0 Å². The summed E-state index contributed by atoms with van der Waals surface area (Å²) < 4.78 is 36.2.